The zero-order valence-electron chi connectivity index (χ0n) is 16.6. The molecule has 0 saturated heterocycles. The van der Waals surface area contributed by atoms with Crippen LogP contribution in [0.5, 0.6) is 0 Å². The molecule has 5 rings (SSSR count). The standard InChI is InChI=1S/C24H22N6/c1-17(18-6-3-2-4-7-18)28-23-15-26-13-21(29-23)22-14-27-24-10-9-20(16-30(22)24)19-8-5-11-25-12-19/h2-17,21,28-29H,1H3. The summed E-state index contributed by atoms with van der Waals surface area (Å²) in [4.78, 5) is 13.3. The van der Waals surface area contributed by atoms with Crippen LogP contribution in [0.15, 0.2) is 96.4 Å². The molecule has 30 heavy (non-hydrogen) atoms. The van der Waals surface area contributed by atoms with Gasteiger partial charge >= 0.3 is 0 Å². The number of hydrogen-bond donors (Lipinski definition) is 2. The largest absolute Gasteiger partial charge is 0.364 e. The summed E-state index contributed by atoms with van der Waals surface area (Å²) < 4.78 is 2.11. The van der Waals surface area contributed by atoms with Crippen molar-refractivity contribution in [2.24, 2.45) is 4.99 Å². The lowest BCUT2D eigenvalue weighted by molar-refractivity contribution is 0.571. The summed E-state index contributed by atoms with van der Waals surface area (Å²) in [7, 11) is 0. The number of hydrogen-bond acceptors (Lipinski definition) is 5. The molecule has 2 atom stereocenters. The first kappa shape index (κ1) is 18.1. The third kappa shape index (κ3) is 3.55. The maximum absolute atomic E-state index is 4.57. The lowest BCUT2D eigenvalue weighted by Gasteiger charge is -2.25. The quantitative estimate of drug-likeness (QED) is 0.531. The first-order valence-electron chi connectivity index (χ1n) is 9.97. The Morgan fingerprint density at radius 2 is 1.90 bits per heavy atom. The van der Waals surface area contributed by atoms with Crippen LogP contribution in [-0.2, 0) is 0 Å². The van der Waals surface area contributed by atoms with Gasteiger partial charge in [0.05, 0.1) is 18.1 Å². The van der Waals surface area contributed by atoms with Gasteiger partial charge in [0.1, 0.15) is 17.5 Å². The van der Waals surface area contributed by atoms with Crippen molar-refractivity contribution in [2.45, 2.75) is 19.0 Å². The Morgan fingerprint density at radius 1 is 1.00 bits per heavy atom. The van der Waals surface area contributed by atoms with E-state index in [1.54, 1.807) is 6.20 Å². The maximum atomic E-state index is 4.57. The Balaban J connectivity index is 1.39. The van der Waals surface area contributed by atoms with E-state index >= 15 is 0 Å². The average Bonchev–Trinajstić information content (AvgIpc) is 3.24. The van der Waals surface area contributed by atoms with E-state index in [-0.39, 0.29) is 12.1 Å². The van der Waals surface area contributed by atoms with E-state index in [1.165, 1.54) is 5.56 Å². The molecule has 3 aromatic heterocycles. The molecule has 0 radical (unpaired) electrons. The Labute approximate surface area is 175 Å². The lowest BCUT2D eigenvalue weighted by Crippen LogP contribution is -2.34. The molecule has 6 nitrogen and oxygen atoms in total. The van der Waals surface area contributed by atoms with E-state index < -0.39 is 0 Å². The summed E-state index contributed by atoms with van der Waals surface area (Å²) in [5, 5.41) is 7.05. The highest BCUT2D eigenvalue weighted by Gasteiger charge is 2.19. The second kappa shape index (κ2) is 7.83. The van der Waals surface area contributed by atoms with Gasteiger partial charge in [0.15, 0.2) is 0 Å². The molecule has 0 saturated carbocycles. The molecule has 1 aromatic carbocycles. The van der Waals surface area contributed by atoms with Crippen LogP contribution >= 0.6 is 0 Å². The van der Waals surface area contributed by atoms with Crippen molar-refractivity contribution < 1.29 is 0 Å². The smallest absolute Gasteiger partial charge is 0.136 e. The minimum Gasteiger partial charge on any atom is -0.364 e. The Bertz CT molecular complexity index is 1210. The van der Waals surface area contributed by atoms with Crippen LogP contribution in [0.3, 0.4) is 0 Å². The van der Waals surface area contributed by atoms with Gasteiger partial charge in [-0.1, -0.05) is 36.4 Å². The van der Waals surface area contributed by atoms with Gasteiger partial charge in [-0.15, -0.1) is 0 Å². The van der Waals surface area contributed by atoms with Gasteiger partial charge < -0.3 is 15.0 Å². The average molecular weight is 394 g/mol. The molecular weight excluding hydrogens is 372 g/mol. The van der Waals surface area contributed by atoms with Gasteiger partial charge in [-0.05, 0) is 30.7 Å². The molecule has 0 fully saturated rings. The molecule has 0 amide bonds. The van der Waals surface area contributed by atoms with Gasteiger partial charge in [0, 0.05) is 42.0 Å². The molecule has 0 aliphatic carbocycles. The SMILES string of the molecule is CC(NC1=CN=CC(c2cnc3ccc(-c4cccnc4)cn23)N1)c1ccccc1. The van der Waals surface area contributed by atoms with Gasteiger partial charge in [0.2, 0.25) is 0 Å². The summed E-state index contributed by atoms with van der Waals surface area (Å²) in [5.74, 6) is 0.886. The summed E-state index contributed by atoms with van der Waals surface area (Å²) in [6, 6.07) is 18.5. The number of nitrogens with one attached hydrogen (secondary N) is 2. The number of rotatable bonds is 5. The lowest BCUT2D eigenvalue weighted by atomic mass is 10.1. The Kier molecular flexibility index (Phi) is 4.73. The van der Waals surface area contributed by atoms with E-state index in [1.807, 2.05) is 43.0 Å². The normalized spacial score (nSPS) is 16.7. The minimum atomic E-state index is -0.0837. The monoisotopic (exact) mass is 394 g/mol. The second-order valence-corrected chi connectivity index (χ2v) is 7.31. The molecule has 0 spiro atoms. The number of aromatic nitrogens is 3. The molecule has 1 aliphatic heterocycles. The highest BCUT2D eigenvalue weighted by molar-refractivity contribution is 5.70. The van der Waals surface area contributed by atoms with Gasteiger partial charge in [0.25, 0.3) is 0 Å². The number of nitrogens with zero attached hydrogens (tertiary/aromatic N) is 4. The van der Waals surface area contributed by atoms with E-state index in [9.17, 15) is 0 Å². The molecule has 0 bridgehead atoms. The van der Waals surface area contributed by atoms with Gasteiger partial charge in [-0.25, -0.2) is 4.98 Å². The summed E-state index contributed by atoms with van der Waals surface area (Å²) >= 11 is 0. The van der Waals surface area contributed by atoms with Crippen LogP contribution in [-0.4, -0.2) is 20.6 Å². The number of aliphatic imine (C=N–C) groups is 1. The maximum Gasteiger partial charge on any atom is 0.136 e. The highest BCUT2D eigenvalue weighted by Crippen LogP contribution is 2.23. The number of fused-ring (bicyclic) bond motifs is 1. The van der Waals surface area contributed by atoms with Crippen LogP contribution in [0.2, 0.25) is 0 Å². The summed E-state index contributed by atoms with van der Waals surface area (Å²) in [6.45, 7) is 2.14. The van der Waals surface area contributed by atoms with Crippen molar-refractivity contribution >= 4 is 11.9 Å². The Morgan fingerprint density at radius 3 is 2.73 bits per heavy atom. The third-order valence-corrected chi connectivity index (χ3v) is 5.27. The van der Waals surface area contributed by atoms with Crippen LogP contribution in [0.4, 0.5) is 0 Å². The van der Waals surface area contributed by atoms with Gasteiger partial charge in [-0.2, -0.15) is 0 Å². The molecule has 4 aromatic rings. The third-order valence-electron chi connectivity index (χ3n) is 5.27. The van der Waals surface area contributed by atoms with Crippen molar-refractivity contribution in [1.82, 2.24) is 25.0 Å². The van der Waals surface area contributed by atoms with Crippen LogP contribution in [0.1, 0.15) is 30.3 Å². The van der Waals surface area contributed by atoms with Crippen molar-refractivity contribution in [1.29, 1.82) is 0 Å². The molecule has 148 valence electrons. The second-order valence-electron chi connectivity index (χ2n) is 7.31. The fourth-order valence-corrected chi connectivity index (χ4v) is 3.67. The zero-order chi connectivity index (χ0) is 20.3. The number of benzene rings is 1. The zero-order valence-corrected chi connectivity index (χ0v) is 16.6. The minimum absolute atomic E-state index is 0.0837. The van der Waals surface area contributed by atoms with E-state index in [2.05, 4.69) is 79.5 Å². The van der Waals surface area contributed by atoms with Crippen molar-refractivity contribution in [3.63, 3.8) is 0 Å². The van der Waals surface area contributed by atoms with E-state index in [0.29, 0.717) is 0 Å². The summed E-state index contributed by atoms with van der Waals surface area (Å²) in [5.41, 5.74) is 5.31. The molecule has 2 unspecified atom stereocenters. The molecular formula is C24H22N6. The molecule has 6 heteroatoms. The first-order chi connectivity index (χ1) is 14.8. The van der Waals surface area contributed by atoms with E-state index in [0.717, 1.165) is 28.3 Å². The molecule has 2 N–H and O–H groups in total. The van der Waals surface area contributed by atoms with Crippen molar-refractivity contribution in [2.75, 3.05) is 0 Å². The highest BCUT2D eigenvalue weighted by atomic mass is 15.2. The predicted octanol–water partition coefficient (Wildman–Crippen LogP) is 4.26. The van der Waals surface area contributed by atoms with Crippen LogP contribution in [0.25, 0.3) is 16.8 Å². The topological polar surface area (TPSA) is 66.6 Å². The van der Waals surface area contributed by atoms with E-state index in [4.69, 9.17) is 0 Å². The predicted molar refractivity (Wildman–Crippen MR) is 119 cm³/mol. The van der Waals surface area contributed by atoms with Crippen LogP contribution < -0.4 is 10.6 Å². The van der Waals surface area contributed by atoms with Crippen molar-refractivity contribution in [3.8, 4) is 11.1 Å². The van der Waals surface area contributed by atoms with Crippen molar-refractivity contribution in [3.05, 3.63) is 103 Å². The first-order valence-corrected chi connectivity index (χ1v) is 9.97. The number of imidazole rings is 1. The molecule has 4 heterocycles. The molecule has 1 aliphatic rings. The Hall–Kier alpha value is -3.93. The fraction of sp³-hybridized carbons (Fsp3) is 0.125. The van der Waals surface area contributed by atoms with Crippen LogP contribution in [0, 0.1) is 0 Å². The number of pyridine rings is 2. The van der Waals surface area contributed by atoms with Gasteiger partial charge in [-0.3, -0.25) is 9.98 Å². The fourth-order valence-electron chi connectivity index (χ4n) is 3.67. The summed E-state index contributed by atoms with van der Waals surface area (Å²) in [6.07, 6.45) is 11.4.